The molecule has 3 amide bonds. The lowest BCUT2D eigenvalue weighted by Gasteiger charge is -2.55. The van der Waals surface area contributed by atoms with E-state index in [1.54, 1.807) is 13.0 Å². The van der Waals surface area contributed by atoms with Gasteiger partial charge in [0.15, 0.2) is 5.76 Å². The first-order chi connectivity index (χ1) is 12.4. The number of amides is 3. The van der Waals surface area contributed by atoms with Crippen molar-refractivity contribution in [2.45, 2.75) is 51.5 Å². The summed E-state index contributed by atoms with van der Waals surface area (Å²) in [5.41, 5.74) is 4.77. The Bertz CT molecular complexity index is 677. The monoisotopic (exact) mass is 359 g/mol. The van der Waals surface area contributed by atoms with Crippen molar-refractivity contribution >= 4 is 17.7 Å². The highest BCUT2D eigenvalue weighted by Gasteiger charge is 2.54. The highest BCUT2D eigenvalue weighted by molar-refractivity contribution is 5.95. The zero-order valence-corrected chi connectivity index (χ0v) is 14.9. The number of carbonyl (C=O) groups excluding carboxylic acids is 3. The Morgan fingerprint density at radius 1 is 1.08 bits per heavy atom. The molecule has 26 heavy (non-hydrogen) atoms. The van der Waals surface area contributed by atoms with E-state index < -0.39 is 17.9 Å². The molecule has 4 saturated carbocycles. The largest absolute Gasteiger partial charge is 0.459 e. The minimum Gasteiger partial charge on any atom is -0.459 e. The van der Waals surface area contributed by atoms with Gasteiger partial charge in [0.1, 0.15) is 6.04 Å². The number of hydrazine groups is 1. The number of hydrogen-bond acceptors (Lipinski definition) is 4. The predicted molar refractivity (Wildman–Crippen MR) is 92.5 cm³/mol. The molecule has 0 radical (unpaired) electrons. The molecule has 0 saturated heterocycles. The lowest BCUT2D eigenvalue weighted by Crippen LogP contribution is -2.58. The second-order valence-corrected chi connectivity index (χ2v) is 8.31. The molecule has 7 heteroatoms. The number of hydrogen-bond donors (Lipinski definition) is 3. The van der Waals surface area contributed by atoms with Crippen LogP contribution in [-0.2, 0) is 9.59 Å². The molecule has 7 nitrogen and oxygen atoms in total. The molecule has 4 fully saturated rings. The van der Waals surface area contributed by atoms with Gasteiger partial charge in [0, 0.05) is 0 Å². The Labute approximate surface area is 152 Å². The fourth-order valence-corrected chi connectivity index (χ4v) is 5.49. The Hall–Kier alpha value is -2.31. The van der Waals surface area contributed by atoms with E-state index in [9.17, 15) is 14.4 Å². The smallest absolute Gasteiger partial charge is 0.287 e. The van der Waals surface area contributed by atoms with Gasteiger partial charge in [-0.05, 0) is 75.3 Å². The van der Waals surface area contributed by atoms with E-state index in [2.05, 4.69) is 16.2 Å². The maximum Gasteiger partial charge on any atom is 0.287 e. The van der Waals surface area contributed by atoms with Gasteiger partial charge in [0.25, 0.3) is 11.8 Å². The zero-order chi connectivity index (χ0) is 18.3. The summed E-state index contributed by atoms with van der Waals surface area (Å²) in [6.45, 7) is 1.56. The van der Waals surface area contributed by atoms with Gasteiger partial charge in [-0.3, -0.25) is 25.2 Å². The molecular weight excluding hydrogens is 334 g/mol. The number of carbonyl (C=O) groups is 3. The molecule has 4 aliphatic rings. The fourth-order valence-electron chi connectivity index (χ4n) is 5.49. The van der Waals surface area contributed by atoms with Crippen molar-refractivity contribution in [3.05, 3.63) is 24.2 Å². The van der Waals surface area contributed by atoms with Crippen molar-refractivity contribution < 1.29 is 18.8 Å². The first-order valence-corrected chi connectivity index (χ1v) is 9.40. The Balaban J connectivity index is 1.30. The van der Waals surface area contributed by atoms with Crippen LogP contribution in [0.1, 0.15) is 56.0 Å². The average Bonchev–Trinajstić information content (AvgIpc) is 3.12. The van der Waals surface area contributed by atoms with E-state index in [1.165, 1.54) is 31.6 Å². The van der Waals surface area contributed by atoms with Crippen molar-refractivity contribution in [1.29, 1.82) is 0 Å². The highest BCUT2D eigenvalue weighted by Crippen LogP contribution is 2.59. The summed E-state index contributed by atoms with van der Waals surface area (Å²) in [5.74, 6) is 1.13. The SMILES string of the molecule is CC(NC(=O)c1ccco1)C(=O)NNC(=O)C12CC3CC(CC(C3)C1)C2. The number of furan rings is 1. The molecule has 1 heterocycles. The van der Waals surface area contributed by atoms with Gasteiger partial charge in [-0.1, -0.05) is 0 Å². The summed E-state index contributed by atoms with van der Waals surface area (Å²) in [5, 5.41) is 2.55. The fraction of sp³-hybridized carbons (Fsp3) is 0.632. The van der Waals surface area contributed by atoms with Gasteiger partial charge in [0.05, 0.1) is 11.7 Å². The summed E-state index contributed by atoms with van der Waals surface area (Å²) in [6, 6.07) is 2.34. The normalized spacial score (nSPS) is 32.7. The summed E-state index contributed by atoms with van der Waals surface area (Å²) < 4.78 is 5.00. The zero-order valence-electron chi connectivity index (χ0n) is 14.9. The van der Waals surface area contributed by atoms with Crippen LogP contribution < -0.4 is 16.2 Å². The third-order valence-electron chi connectivity index (χ3n) is 6.30. The first kappa shape index (κ1) is 17.1. The van der Waals surface area contributed by atoms with E-state index in [0.29, 0.717) is 17.8 Å². The van der Waals surface area contributed by atoms with Gasteiger partial charge in [-0.2, -0.15) is 0 Å². The molecule has 0 aromatic carbocycles. The van der Waals surface area contributed by atoms with Gasteiger partial charge in [-0.15, -0.1) is 0 Å². The molecule has 4 aliphatic carbocycles. The third-order valence-corrected chi connectivity index (χ3v) is 6.30. The van der Waals surface area contributed by atoms with Gasteiger partial charge < -0.3 is 9.73 Å². The van der Waals surface area contributed by atoms with Gasteiger partial charge in [0.2, 0.25) is 5.91 Å². The molecule has 0 aliphatic heterocycles. The van der Waals surface area contributed by atoms with Crippen molar-refractivity contribution in [2.75, 3.05) is 0 Å². The minimum atomic E-state index is -0.788. The molecule has 4 bridgehead atoms. The van der Waals surface area contributed by atoms with E-state index in [-0.39, 0.29) is 17.1 Å². The molecule has 5 rings (SSSR count). The minimum absolute atomic E-state index is 0.0745. The quantitative estimate of drug-likeness (QED) is 0.713. The topological polar surface area (TPSA) is 100 Å². The van der Waals surface area contributed by atoms with E-state index in [1.807, 2.05) is 0 Å². The van der Waals surface area contributed by atoms with Crippen molar-refractivity contribution in [3.63, 3.8) is 0 Å². The second kappa shape index (κ2) is 6.45. The van der Waals surface area contributed by atoms with Crippen LogP contribution in [0.3, 0.4) is 0 Å². The average molecular weight is 359 g/mol. The van der Waals surface area contributed by atoms with E-state index in [0.717, 1.165) is 19.3 Å². The van der Waals surface area contributed by atoms with E-state index in [4.69, 9.17) is 4.42 Å². The van der Waals surface area contributed by atoms with E-state index >= 15 is 0 Å². The standard InChI is InChI=1S/C19H25N3O4/c1-11(20-17(24)15-3-2-4-26-15)16(23)21-22-18(25)19-8-12-5-13(9-19)7-14(6-12)10-19/h2-4,11-14H,5-10H2,1H3,(H,20,24)(H,21,23)(H,22,25). The number of nitrogens with one attached hydrogen (secondary N) is 3. The van der Waals surface area contributed by atoms with Crippen molar-refractivity contribution in [2.24, 2.45) is 23.2 Å². The summed E-state index contributed by atoms with van der Waals surface area (Å²) in [4.78, 5) is 36.9. The lowest BCUT2D eigenvalue weighted by atomic mass is 9.49. The Morgan fingerprint density at radius 3 is 2.23 bits per heavy atom. The van der Waals surface area contributed by atoms with Crippen molar-refractivity contribution in [3.8, 4) is 0 Å². The summed E-state index contributed by atoms with van der Waals surface area (Å²) >= 11 is 0. The van der Waals surface area contributed by atoms with Crippen LogP contribution in [-0.4, -0.2) is 23.8 Å². The second-order valence-electron chi connectivity index (χ2n) is 8.31. The van der Waals surface area contributed by atoms with Crippen LogP contribution in [0.15, 0.2) is 22.8 Å². The Morgan fingerprint density at radius 2 is 1.69 bits per heavy atom. The van der Waals surface area contributed by atoms with Crippen molar-refractivity contribution in [1.82, 2.24) is 16.2 Å². The first-order valence-electron chi connectivity index (χ1n) is 9.40. The molecule has 1 unspecified atom stereocenters. The summed E-state index contributed by atoms with van der Waals surface area (Å²) in [7, 11) is 0. The van der Waals surface area contributed by atoms with Gasteiger partial charge in [-0.25, -0.2) is 0 Å². The lowest BCUT2D eigenvalue weighted by molar-refractivity contribution is -0.149. The molecular formula is C19H25N3O4. The molecule has 0 spiro atoms. The molecule has 1 aromatic rings. The van der Waals surface area contributed by atoms with Crippen LogP contribution >= 0.6 is 0 Å². The summed E-state index contributed by atoms with van der Waals surface area (Å²) in [6.07, 6.45) is 7.98. The maximum absolute atomic E-state index is 12.8. The van der Waals surface area contributed by atoms with Crippen LogP contribution in [0.4, 0.5) is 0 Å². The van der Waals surface area contributed by atoms with Crippen LogP contribution in [0.25, 0.3) is 0 Å². The third kappa shape index (κ3) is 3.10. The highest BCUT2D eigenvalue weighted by atomic mass is 16.3. The predicted octanol–water partition coefficient (Wildman–Crippen LogP) is 1.76. The van der Waals surface area contributed by atoms with Crippen LogP contribution in [0.5, 0.6) is 0 Å². The van der Waals surface area contributed by atoms with Gasteiger partial charge >= 0.3 is 0 Å². The molecule has 1 atom stereocenters. The van der Waals surface area contributed by atoms with Crippen LogP contribution in [0.2, 0.25) is 0 Å². The maximum atomic E-state index is 12.8. The Kier molecular flexibility index (Phi) is 4.25. The molecule has 1 aromatic heterocycles. The number of rotatable bonds is 4. The molecule has 140 valence electrons. The van der Waals surface area contributed by atoms with Crippen LogP contribution in [0, 0.1) is 23.2 Å². The molecule has 3 N–H and O–H groups in total.